The van der Waals surface area contributed by atoms with Crippen molar-refractivity contribution < 1.29 is 0 Å². The van der Waals surface area contributed by atoms with Crippen molar-refractivity contribution in [3.8, 4) is 0 Å². The minimum atomic E-state index is 1.05. The van der Waals surface area contributed by atoms with Crippen LogP contribution in [0.4, 0.5) is 0 Å². The topological polar surface area (TPSA) is 15.3 Å². The SMILES string of the molecule is [CH2]CCCC=CN1CCNCC1. The largest absolute Gasteiger partial charge is 0.375 e. The van der Waals surface area contributed by atoms with Gasteiger partial charge in [-0.25, -0.2) is 0 Å². The number of unbranched alkanes of at least 4 members (excludes halogenated alkanes) is 2. The zero-order valence-corrected chi connectivity index (χ0v) is 7.76. The summed E-state index contributed by atoms with van der Waals surface area (Å²) >= 11 is 0. The van der Waals surface area contributed by atoms with Gasteiger partial charge in [-0.15, -0.1) is 0 Å². The number of rotatable bonds is 4. The molecule has 69 valence electrons. The molecule has 0 bridgehead atoms. The maximum atomic E-state index is 3.81. The Bertz CT molecular complexity index is 126. The summed E-state index contributed by atoms with van der Waals surface area (Å²) in [6, 6.07) is 0. The molecule has 0 aliphatic carbocycles. The van der Waals surface area contributed by atoms with E-state index in [1.54, 1.807) is 0 Å². The third kappa shape index (κ3) is 3.77. The number of nitrogens with one attached hydrogen (secondary N) is 1. The van der Waals surface area contributed by atoms with E-state index in [1.165, 1.54) is 12.8 Å². The first-order valence-corrected chi connectivity index (χ1v) is 4.84. The van der Waals surface area contributed by atoms with Crippen LogP contribution in [0.15, 0.2) is 12.3 Å². The zero-order chi connectivity index (χ0) is 8.65. The fraction of sp³-hybridized carbons (Fsp3) is 0.700. The van der Waals surface area contributed by atoms with E-state index in [4.69, 9.17) is 0 Å². The Hall–Kier alpha value is -0.500. The number of nitrogens with zero attached hydrogens (tertiary/aromatic N) is 1. The lowest BCUT2D eigenvalue weighted by Crippen LogP contribution is -2.40. The molecular formula is C10H19N2. The second-order valence-corrected chi connectivity index (χ2v) is 3.17. The standard InChI is InChI=1S/C10H19N2/c1-2-3-4-5-8-12-9-6-11-7-10-12/h5,8,11H,1-4,6-7,9-10H2. The summed E-state index contributed by atoms with van der Waals surface area (Å²) in [6.07, 6.45) is 7.93. The van der Waals surface area contributed by atoms with E-state index < -0.39 is 0 Å². The molecule has 1 aliphatic heterocycles. The van der Waals surface area contributed by atoms with E-state index >= 15 is 0 Å². The van der Waals surface area contributed by atoms with Gasteiger partial charge in [0, 0.05) is 26.2 Å². The smallest absolute Gasteiger partial charge is 0.0298 e. The normalized spacial score (nSPS) is 18.9. The molecule has 2 heteroatoms. The lowest BCUT2D eigenvalue weighted by Gasteiger charge is -2.25. The van der Waals surface area contributed by atoms with E-state index in [-0.39, 0.29) is 0 Å². The van der Waals surface area contributed by atoms with Crippen LogP contribution in [0.3, 0.4) is 0 Å². The van der Waals surface area contributed by atoms with Gasteiger partial charge in [0.05, 0.1) is 0 Å². The van der Waals surface area contributed by atoms with E-state index in [0.29, 0.717) is 0 Å². The van der Waals surface area contributed by atoms with Crippen molar-refractivity contribution in [1.82, 2.24) is 10.2 Å². The Morgan fingerprint density at radius 3 is 2.75 bits per heavy atom. The number of hydrogen-bond acceptors (Lipinski definition) is 2. The van der Waals surface area contributed by atoms with Gasteiger partial charge in [0.2, 0.25) is 0 Å². The van der Waals surface area contributed by atoms with Crippen molar-refractivity contribution in [2.24, 2.45) is 0 Å². The molecule has 1 heterocycles. The van der Waals surface area contributed by atoms with Gasteiger partial charge in [0.25, 0.3) is 0 Å². The fourth-order valence-electron chi connectivity index (χ4n) is 1.32. The van der Waals surface area contributed by atoms with Gasteiger partial charge < -0.3 is 10.2 Å². The molecule has 0 amide bonds. The molecule has 1 fully saturated rings. The molecule has 0 spiro atoms. The highest BCUT2D eigenvalue weighted by molar-refractivity contribution is 4.84. The van der Waals surface area contributed by atoms with Crippen LogP contribution in [0.1, 0.15) is 19.3 Å². The summed E-state index contributed by atoms with van der Waals surface area (Å²) in [5.74, 6) is 0. The number of hydrogen-bond donors (Lipinski definition) is 1. The molecule has 0 atom stereocenters. The summed E-state index contributed by atoms with van der Waals surface area (Å²) in [4.78, 5) is 2.37. The molecule has 1 aliphatic rings. The van der Waals surface area contributed by atoms with Crippen LogP contribution in [0.2, 0.25) is 0 Å². The molecule has 0 unspecified atom stereocenters. The Balaban J connectivity index is 2.07. The van der Waals surface area contributed by atoms with Crippen LogP contribution in [0.5, 0.6) is 0 Å². The summed E-state index contributed by atoms with van der Waals surface area (Å²) in [5.41, 5.74) is 0. The Kier molecular flexibility index (Phi) is 4.85. The average Bonchev–Trinajstić information content (AvgIpc) is 2.14. The van der Waals surface area contributed by atoms with Crippen molar-refractivity contribution in [2.75, 3.05) is 26.2 Å². The third-order valence-corrected chi connectivity index (χ3v) is 2.09. The van der Waals surface area contributed by atoms with Gasteiger partial charge >= 0.3 is 0 Å². The van der Waals surface area contributed by atoms with Crippen LogP contribution in [0, 0.1) is 6.92 Å². The van der Waals surface area contributed by atoms with Crippen LogP contribution in [-0.2, 0) is 0 Å². The Labute approximate surface area is 75.6 Å². The lowest BCUT2D eigenvalue weighted by atomic mass is 10.2. The molecule has 1 saturated heterocycles. The second kappa shape index (κ2) is 6.06. The summed E-state index contributed by atoms with van der Waals surface area (Å²) in [6.45, 7) is 8.37. The van der Waals surface area contributed by atoms with Crippen LogP contribution in [0.25, 0.3) is 0 Å². The van der Waals surface area contributed by atoms with Gasteiger partial charge in [-0.1, -0.05) is 19.4 Å². The lowest BCUT2D eigenvalue weighted by molar-refractivity contribution is 0.323. The highest BCUT2D eigenvalue weighted by Gasteiger charge is 2.02. The minimum Gasteiger partial charge on any atom is -0.375 e. The molecule has 12 heavy (non-hydrogen) atoms. The van der Waals surface area contributed by atoms with Gasteiger partial charge in [-0.2, -0.15) is 0 Å². The van der Waals surface area contributed by atoms with E-state index in [0.717, 1.165) is 32.6 Å². The van der Waals surface area contributed by atoms with Crippen molar-refractivity contribution in [3.05, 3.63) is 19.2 Å². The average molecular weight is 167 g/mol. The van der Waals surface area contributed by atoms with Gasteiger partial charge in [-0.05, 0) is 19.0 Å². The molecule has 1 rings (SSSR count). The van der Waals surface area contributed by atoms with Gasteiger partial charge in [-0.3, -0.25) is 0 Å². The molecule has 1 N–H and O–H groups in total. The minimum absolute atomic E-state index is 1.05. The third-order valence-electron chi connectivity index (χ3n) is 2.09. The van der Waals surface area contributed by atoms with Crippen LogP contribution < -0.4 is 5.32 Å². The molecule has 0 saturated carbocycles. The summed E-state index contributed by atoms with van der Waals surface area (Å²) in [7, 11) is 0. The monoisotopic (exact) mass is 167 g/mol. The highest BCUT2D eigenvalue weighted by Crippen LogP contribution is 1.98. The van der Waals surface area contributed by atoms with Gasteiger partial charge in [0.1, 0.15) is 0 Å². The fourth-order valence-corrected chi connectivity index (χ4v) is 1.32. The molecule has 2 nitrogen and oxygen atoms in total. The van der Waals surface area contributed by atoms with E-state index in [1.807, 2.05) is 0 Å². The van der Waals surface area contributed by atoms with Crippen LogP contribution in [-0.4, -0.2) is 31.1 Å². The van der Waals surface area contributed by atoms with E-state index in [9.17, 15) is 0 Å². The van der Waals surface area contributed by atoms with Crippen molar-refractivity contribution in [2.45, 2.75) is 19.3 Å². The molecule has 1 radical (unpaired) electrons. The maximum Gasteiger partial charge on any atom is 0.0298 e. The van der Waals surface area contributed by atoms with Crippen molar-refractivity contribution in [3.63, 3.8) is 0 Å². The Morgan fingerprint density at radius 2 is 2.08 bits per heavy atom. The highest BCUT2D eigenvalue weighted by atomic mass is 15.2. The molecule has 0 aromatic heterocycles. The second-order valence-electron chi connectivity index (χ2n) is 3.17. The van der Waals surface area contributed by atoms with Crippen molar-refractivity contribution >= 4 is 0 Å². The predicted molar refractivity (Wildman–Crippen MR) is 52.8 cm³/mol. The molecular weight excluding hydrogens is 148 g/mol. The number of allylic oxidation sites excluding steroid dienone is 1. The van der Waals surface area contributed by atoms with Gasteiger partial charge in [0.15, 0.2) is 0 Å². The number of piperazine rings is 1. The maximum absolute atomic E-state index is 3.81. The van der Waals surface area contributed by atoms with Crippen LogP contribution >= 0.6 is 0 Å². The van der Waals surface area contributed by atoms with Crippen molar-refractivity contribution in [1.29, 1.82) is 0 Å². The molecule has 0 aromatic rings. The summed E-state index contributed by atoms with van der Waals surface area (Å²) < 4.78 is 0. The first-order valence-electron chi connectivity index (χ1n) is 4.84. The predicted octanol–water partition coefficient (Wildman–Crippen LogP) is 1.41. The first kappa shape index (κ1) is 9.59. The summed E-state index contributed by atoms with van der Waals surface area (Å²) in [5, 5.41) is 3.33. The molecule has 0 aromatic carbocycles. The quantitative estimate of drug-likeness (QED) is 0.637. The van der Waals surface area contributed by atoms with E-state index in [2.05, 4.69) is 29.4 Å². The Morgan fingerprint density at radius 1 is 1.33 bits per heavy atom. The first-order chi connectivity index (χ1) is 5.93. The zero-order valence-electron chi connectivity index (χ0n) is 7.76.